The van der Waals surface area contributed by atoms with Crippen LogP contribution in [0.5, 0.6) is 0 Å². The number of hydrogen-bond donors (Lipinski definition) is 3. The zero-order chi connectivity index (χ0) is 17.5. The van der Waals surface area contributed by atoms with Crippen molar-refractivity contribution in [3.63, 3.8) is 0 Å². The maximum absolute atomic E-state index is 11.4. The van der Waals surface area contributed by atoms with E-state index in [4.69, 9.17) is 5.73 Å². The van der Waals surface area contributed by atoms with Crippen molar-refractivity contribution in [2.75, 3.05) is 19.6 Å². The lowest BCUT2D eigenvalue weighted by Crippen LogP contribution is -2.41. The summed E-state index contributed by atoms with van der Waals surface area (Å²) < 4.78 is 0. The molecule has 1 unspecified atom stereocenters. The normalized spacial score (nSPS) is 13.5. The van der Waals surface area contributed by atoms with Crippen molar-refractivity contribution >= 4 is 11.9 Å². The van der Waals surface area contributed by atoms with E-state index >= 15 is 0 Å². The maximum atomic E-state index is 11.4. The quantitative estimate of drug-likeness (QED) is 0.532. The average Bonchev–Trinajstić information content (AvgIpc) is 2.49. The van der Waals surface area contributed by atoms with Crippen molar-refractivity contribution in [2.24, 2.45) is 16.1 Å². The second-order valence-electron chi connectivity index (χ2n) is 6.64. The van der Waals surface area contributed by atoms with Crippen molar-refractivity contribution in [3.8, 4) is 0 Å². The molecule has 4 N–H and O–H groups in total. The highest BCUT2D eigenvalue weighted by molar-refractivity contribution is 5.82. The fraction of sp³-hybridized carbons (Fsp3) is 0.556. The van der Waals surface area contributed by atoms with Gasteiger partial charge in [0.25, 0.3) is 0 Å². The number of primary amides is 1. The van der Waals surface area contributed by atoms with Gasteiger partial charge in [0.2, 0.25) is 5.91 Å². The number of carbonyl (C=O) groups excluding carboxylic acids is 1. The third kappa shape index (κ3) is 6.30. The summed E-state index contributed by atoms with van der Waals surface area (Å²) >= 11 is 0. The second kappa shape index (κ2) is 8.56. The molecular formula is C18H30N4O. The Balaban J connectivity index is 2.67. The van der Waals surface area contributed by atoms with Gasteiger partial charge in [0.15, 0.2) is 5.96 Å². The molecule has 0 aliphatic rings. The third-order valence-corrected chi connectivity index (χ3v) is 3.83. The number of amides is 1. The highest BCUT2D eigenvalue weighted by Crippen LogP contribution is 2.16. The molecule has 0 heterocycles. The Hall–Kier alpha value is -2.04. The van der Waals surface area contributed by atoms with Crippen LogP contribution in [0.25, 0.3) is 0 Å². The van der Waals surface area contributed by atoms with Gasteiger partial charge in [-0.15, -0.1) is 0 Å². The molecule has 0 aliphatic carbocycles. The zero-order valence-corrected chi connectivity index (χ0v) is 14.9. The van der Waals surface area contributed by atoms with Gasteiger partial charge in [0.05, 0.1) is 12.0 Å². The zero-order valence-electron chi connectivity index (χ0n) is 14.9. The van der Waals surface area contributed by atoms with E-state index < -0.39 is 5.41 Å². The van der Waals surface area contributed by atoms with Crippen LogP contribution >= 0.6 is 0 Å². The van der Waals surface area contributed by atoms with Gasteiger partial charge in [-0.25, -0.2) is 0 Å². The fourth-order valence-electron chi connectivity index (χ4n) is 2.04. The van der Waals surface area contributed by atoms with Crippen LogP contribution in [-0.2, 0) is 4.79 Å². The number of aryl methyl sites for hydroxylation is 1. The molecule has 0 aromatic heterocycles. The SMILES string of the molecule is CCNC(=NCC(C)(C)C(N)=O)NCC(C)c1cccc(C)c1. The van der Waals surface area contributed by atoms with Gasteiger partial charge >= 0.3 is 0 Å². The first kappa shape index (κ1) is 19.0. The van der Waals surface area contributed by atoms with Crippen LogP contribution in [-0.4, -0.2) is 31.5 Å². The molecule has 23 heavy (non-hydrogen) atoms. The van der Waals surface area contributed by atoms with E-state index in [2.05, 4.69) is 53.7 Å². The highest BCUT2D eigenvalue weighted by atomic mass is 16.1. The standard InChI is InChI=1S/C18H30N4O/c1-6-20-17(22-12-18(4,5)16(19)23)21-11-14(3)15-9-7-8-13(2)10-15/h7-10,14H,6,11-12H2,1-5H3,(H2,19,23)(H2,20,21,22). The molecule has 5 nitrogen and oxygen atoms in total. The fourth-order valence-corrected chi connectivity index (χ4v) is 2.04. The second-order valence-corrected chi connectivity index (χ2v) is 6.64. The number of nitrogens with two attached hydrogens (primary N) is 1. The van der Waals surface area contributed by atoms with Crippen LogP contribution in [0.3, 0.4) is 0 Å². The van der Waals surface area contributed by atoms with E-state index in [9.17, 15) is 4.79 Å². The lowest BCUT2D eigenvalue weighted by Gasteiger charge is -2.20. The number of nitrogens with one attached hydrogen (secondary N) is 2. The van der Waals surface area contributed by atoms with E-state index in [0.717, 1.165) is 13.1 Å². The van der Waals surface area contributed by atoms with Gasteiger partial charge in [-0.3, -0.25) is 9.79 Å². The smallest absolute Gasteiger partial charge is 0.224 e. The van der Waals surface area contributed by atoms with Crippen LogP contribution in [0.4, 0.5) is 0 Å². The van der Waals surface area contributed by atoms with E-state index in [1.807, 2.05) is 6.92 Å². The van der Waals surface area contributed by atoms with Crippen molar-refractivity contribution in [3.05, 3.63) is 35.4 Å². The minimum absolute atomic E-state index is 0.342. The molecule has 0 saturated carbocycles. The number of hydrogen-bond acceptors (Lipinski definition) is 2. The predicted octanol–water partition coefficient (Wildman–Crippen LogP) is 2.17. The van der Waals surface area contributed by atoms with Crippen molar-refractivity contribution in [1.29, 1.82) is 0 Å². The summed E-state index contributed by atoms with van der Waals surface area (Å²) in [5.74, 6) is 0.731. The Bertz CT molecular complexity index is 552. The summed E-state index contributed by atoms with van der Waals surface area (Å²) in [4.78, 5) is 15.9. The molecule has 0 aliphatic heterocycles. The first-order valence-electron chi connectivity index (χ1n) is 8.15. The first-order chi connectivity index (χ1) is 10.8. The Labute approximate surface area is 139 Å². The molecule has 1 atom stereocenters. The molecule has 1 rings (SSSR count). The van der Waals surface area contributed by atoms with Crippen LogP contribution in [0.2, 0.25) is 0 Å². The molecule has 0 fully saturated rings. The molecule has 128 valence electrons. The maximum Gasteiger partial charge on any atom is 0.224 e. The lowest BCUT2D eigenvalue weighted by atomic mass is 9.93. The number of guanidine groups is 1. The molecule has 0 bridgehead atoms. The van der Waals surface area contributed by atoms with Crippen LogP contribution in [0, 0.1) is 12.3 Å². The molecule has 0 spiro atoms. The first-order valence-corrected chi connectivity index (χ1v) is 8.15. The molecule has 1 aromatic rings. The molecule has 0 saturated heterocycles. The average molecular weight is 318 g/mol. The van der Waals surface area contributed by atoms with E-state index in [1.165, 1.54) is 11.1 Å². The summed E-state index contributed by atoms with van der Waals surface area (Å²) in [6, 6.07) is 8.52. The number of aliphatic imine (C=N–C) groups is 1. The van der Waals surface area contributed by atoms with E-state index in [-0.39, 0.29) is 5.91 Å². The number of nitrogens with zero attached hydrogens (tertiary/aromatic N) is 1. The summed E-state index contributed by atoms with van der Waals surface area (Å²) in [6.45, 7) is 11.8. The van der Waals surface area contributed by atoms with Crippen LogP contribution < -0.4 is 16.4 Å². The summed E-state index contributed by atoms with van der Waals surface area (Å²) in [5, 5.41) is 6.54. The van der Waals surface area contributed by atoms with Crippen LogP contribution in [0.15, 0.2) is 29.3 Å². The predicted molar refractivity (Wildman–Crippen MR) is 96.6 cm³/mol. The minimum Gasteiger partial charge on any atom is -0.369 e. The van der Waals surface area contributed by atoms with Gasteiger partial charge < -0.3 is 16.4 Å². The monoisotopic (exact) mass is 318 g/mol. The van der Waals surface area contributed by atoms with E-state index in [1.54, 1.807) is 13.8 Å². The Morgan fingerprint density at radius 3 is 2.61 bits per heavy atom. The third-order valence-electron chi connectivity index (χ3n) is 3.83. The highest BCUT2D eigenvalue weighted by Gasteiger charge is 2.24. The number of benzene rings is 1. The Kier molecular flexibility index (Phi) is 7.07. The largest absolute Gasteiger partial charge is 0.369 e. The van der Waals surface area contributed by atoms with Crippen molar-refractivity contribution in [2.45, 2.75) is 40.5 Å². The summed E-state index contributed by atoms with van der Waals surface area (Å²) in [7, 11) is 0. The molecule has 1 aromatic carbocycles. The van der Waals surface area contributed by atoms with Crippen molar-refractivity contribution in [1.82, 2.24) is 10.6 Å². The van der Waals surface area contributed by atoms with Gasteiger partial charge in [-0.05, 0) is 39.2 Å². The minimum atomic E-state index is -0.648. The van der Waals surface area contributed by atoms with Gasteiger partial charge in [0, 0.05) is 13.1 Å². The lowest BCUT2D eigenvalue weighted by molar-refractivity contribution is -0.125. The molecule has 1 amide bonds. The van der Waals surface area contributed by atoms with Gasteiger partial charge in [-0.1, -0.05) is 36.8 Å². The molecule has 0 radical (unpaired) electrons. The summed E-state index contributed by atoms with van der Waals surface area (Å²) in [5.41, 5.74) is 7.30. The summed E-state index contributed by atoms with van der Waals surface area (Å²) in [6.07, 6.45) is 0. The van der Waals surface area contributed by atoms with Gasteiger partial charge in [0.1, 0.15) is 0 Å². The van der Waals surface area contributed by atoms with Crippen molar-refractivity contribution < 1.29 is 4.79 Å². The molecule has 5 heteroatoms. The Morgan fingerprint density at radius 1 is 1.35 bits per heavy atom. The van der Waals surface area contributed by atoms with Gasteiger partial charge in [-0.2, -0.15) is 0 Å². The molecular weight excluding hydrogens is 288 g/mol. The van der Waals surface area contributed by atoms with Crippen LogP contribution in [0.1, 0.15) is 44.7 Å². The number of rotatable bonds is 7. The topological polar surface area (TPSA) is 79.5 Å². The Morgan fingerprint density at radius 2 is 2.04 bits per heavy atom. The van der Waals surface area contributed by atoms with E-state index in [0.29, 0.717) is 18.4 Å². The number of carbonyl (C=O) groups is 1.